The fourth-order valence-corrected chi connectivity index (χ4v) is 3.48. The molecule has 0 atom stereocenters. The maximum absolute atomic E-state index is 12.4. The molecule has 0 aliphatic carbocycles. The largest absolute Gasteiger partial charge is 0.370 e. The van der Waals surface area contributed by atoms with E-state index in [9.17, 15) is 4.79 Å². The van der Waals surface area contributed by atoms with Crippen LogP contribution in [0.15, 0.2) is 53.1 Å². The number of nitrogens with zero attached hydrogens (tertiary/aromatic N) is 1. The lowest BCUT2D eigenvalue weighted by Crippen LogP contribution is -3.12. The van der Waals surface area contributed by atoms with Crippen LogP contribution in [0, 0.1) is 0 Å². The van der Waals surface area contributed by atoms with Crippen molar-refractivity contribution < 1.29 is 19.0 Å². The van der Waals surface area contributed by atoms with Gasteiger partial charge in [0.05, 0.1) is 19.6 Å². The zero-order chi connectivity index (χ0) is 18.5. The lowest BCUT2D eigenvalue weighted by Gasteiger charge is -2.24. The summed E-state index contributed by atoms with van der Waals surface area (Å²) >= 11 is 0. The number of nitrogens with one attached hydrogen (secondary N) is 2. The van der Waals surface area contributed by atoms with Gasteiger partial charge in [0, 0.05) is 17.5 Å². The van der Waals surface area contributed by atoms with Crippen molar-refractivity contribution in [2.45, 2.75) is 19.5 Å². The summed E-state index contributed by atoms with van der Waals surface area (Å²) in [7, 11) is 0. The van der Waals surface area contributed by atoms with Gasteiger partial charge in [0.1, 0.15) is 25.3 Å². The summed E-state index contributed by atoms with van der Waals surface area (Å²) in [4.78, 5) is 13.9. The van der Waals surface area contributed by atoms with Gasteiger partial charge in [0.25, 0.3) is 0 Å². The minimum atomic E-state index is -0.0532. The number of hydrogen-bond donors (Lipinski definition) is 2. The van der Waals surface area contributed by atoms with E-state index in [1.165, 1.54) is 10.5 Å². The van der Waals surface area contributed by atoms with Gasteiger partial charge in [0.2, 0.25) is 5.91 Å². The number of carbonyl (C=O) groups excluding carboxylic acids is 1. The minimum absolute atomic E-state index is 0.0532. The molecule has 1 aliphatic rings. The number of morpholine rings is 1. The van der Waals surface area contributed by atoms with Gasteiger partial charge in [-0.1, -0.05) is 41.6 Å². The molecule has 6 nitrogen and oxygen atoms in total. The zero-order valence-electron chi connectivity index (χ0n) is 15.2. The van der Waals surface area contributed by atoms with Crippen LogP contribution >= 0.6 is 0 Å². The smallest absolute Gasteiger partial charge is 0.226 e. The molecule has 1 aliphatic heterocycles. The molecule has 1 fully saturated rings. The highest BCUT2D eigenvalue weighted by Crippen LogP contribution is 2.18. The highest BCUT2D eigenvalue weighted by molar-refractivity contribution is 5.86. The number of carbonyl (C=O) groups is 1. The summed E-state index contributed by atoms with van der Waals surface area (Å²) in [5.74, 6) is -0.0532. The maximum Gasteiger partial charge on any atom is 0.226 e. The second kappa shape index (κ2) is 8.33. The first-order valence-corrected chi connectivity index (χ1v) is 9.37. The molecule has 3 aromatic rings. The molecular weight excluding hydrogens is 342 g/mol. The molecule has 0 bridgehead atoms. The van der Waals surface area contributed by atoms with Crippen LogP contribution in [0.25, 0.3) is 11.0 Å². The highest BCUT2D eigenvalue weighted by atomic mass is 16.5. The topological polar surface area (TPSA) is 68.8 Å². The van der Waals surface area contributed by atoms with E-state index in [1.807, 2.05) is 30.3 Å². The van der Waals surface area contributed by atoms with Crippen LogP contribution in [0.5, 0.6) is 0 Å². The Morgan fingerprint density at radius 1 is 1.04 bits per heavy atom. The molecule has 140 valence electrons. The van der Waals surface area contributed by atoms with Gasteiger partial charge < -0.3 is 19.5 Å². The molecule has 6 heteroatoms. The van der Waals surface area contributed by atoms with Crippen molar-refractivity contribution in [3.05, 3.63) is 65.4 Å². The van der Waals surface area contributed by atoms with Crippen molar-refractivity contribution in [3.8, 4) is 0 Å². The second-order valence-corrected chi connectivity index (χ2v) is 6.89. The summed E-state index contributed by atoms with van der Waals surface area (Å²) in [5.41, 5.74) is 3.82. The predicted molar refractivity (Wildman–Crippen MR) is 101 cm³/mol. The van der Waals surface area contributed by atoms with E-state index in [2.05, 4.69) is 28.7 Å². The van der Waals surface area contributed by atoms with Crippen molar-refractivity contribution in [3.63, 3.8) is 0 Å². The normalized spacial score (nSPS) is 15.1. The van der Waals surface area contributed by atoms with Gasteiger partial charge in [-0.25, -0.2) is 0 Å². The summed E-state index contributed by atoms with van der Waals surface area (Å²) in [6, 6.07) is 15.9. The number of fused-ring (bicyclic) bond motifs is 1. The molecule has 2 N–H and O–H groups in total. The van der Waals surface area contributed by atoms with Gasteiger partial charge in [-0.3, -0.25) is 4.79 Å². The first kappa shape index (κ1) is 17.7. The van der Waals surface area contributed by atoms with E-state index in [4.69, 9.17) is 9.26 Å². The van der Waals surface area contributed by atoms with Crippen LogP contribution in [0.3, 0.4) is 0 Å². The lowest BCUT2D eigenvalue weighted by molar-refractivity contribution is -0.921. The van der Waals surface area contributed by atoms with Crippen molar-refractivity contribution >= 4 is 16.9 Å². The van der Waals surface area contributed by atoms with Crippen molar-refractivity contribution in [2.75, 3.05) is 26.3 Å². The molecule has 0 spiro atoms. The van der Waals surface area contributed by atoms with E-state index in [1.54, 1.807) is 0 Å². The van der Waals surface area contributed by atoms with E-state index < -0.39 is 0 Å². The molecule has 4 rings (SSSR count). The van der Waals surface area contributed by atoms with Gasteiger partial charge in [0.15, 0.2) is 5.58 Å². The third-order valence-electron chi connectivity index (χ3n) is 5.01. The van der Waals surface area contributed by atoms with Gasteiger partial charge >= 0.3 is 0 Å². The molecule has 1 saturated heterocycles. The van der Waals surface area contributed by atoms with Crippen LogP contribution in [0.4, 0.5) is 0 Å². The molecular formula is C21H24N3O3+. The van der Waals surface area contributed by atoms with Crippen LogP contribution in [-0.4, -0.2) is 37.4 Å². The van der Waals surface area contributed by atoms with Crippen LogP contribution < -0.4 is 10.2 Å². The van der Waals surface area contributed by atoms with Crippen LogP contribution in [0.2, 0.25) is 0 Å². The Morgan fingerprint density at radius 2 is 1.78 bits per heavy atom. The lowest BCUT2D eigenvalue weighted by atomic mass is 10.1. The fraction of sp³-hybridized carbons (Fsp3) is 0.333. The number of rotatable bonds is 6. The Hall–Kier alpha value is -2.70. The maximum atomic E-state index is 12.4. The number of amides is 1. The number of benzene rings is 2. The fourth-order valence-electron chi connectivity index (χ4n) is 3.48. The second-order valence-electron chi connectivity index (χ2n) is 6.89. The number of quaternary nitrogens is 1. The zero-order valence-corrected chi connectivity index (χ0v) is 15.2. The number of hydrogen-bond acceptors (Lipinski definition) is 4. The third kappa shape index (κ3) is 4.35. The first-order valence-electron chi connectivity index (χ1n) is 9.37. The van der Waals surface area contributed by atoms with Crippen molar-refractivity contribution in [2.24, 2.45) is 0 Å². The van der Waals surface area contributed by atoms with E-state index in [0.717, 1.165) is 43.8 Å². The SMILES string of the molecule is O=C(Cc1noc2ccccc12)NCc1ccccc1C[NH+]1CCOCC1. The van der Waals surface area contributed by atoms with E-state index in [0.29, 0.717) is 17.8 Å². The van der Waals surface area contributed by atoms with Gasteiger partial charge in [-0.05, 0) is 17.7 Å². The number of ether oxygens (including phenoxy) is 1. The molecule has 2 heterocycles. The quantitative estimate of drug-likeness (QED) is 0.686. The summed E-state index contributed by atoms with van der Waals surface area (Å²) in [6.07, 6.45) is 0.216. The average Bonchev–Trinajstić information content (AvgIpc) is 3.11. The molecule has 27 heavy (non-hydrogen) atoms. The Balaban J connectivity index is 1.37. The number of aromatic nitrogens is 1. The molecule has 0 radical (unpaired) electrons. The van der Waals surface area contributed by atoms with E-state index in [-0.39, 0.29) is 12.3 Å². The molecule has 1 amide bonds. The highest BCUT2D eigenvalue weighted by Gasteiger charge is 2.17. The van der Waals surface area contributed by atoms with Crippen molar-refractivity contribution in [1.82, 2.24) is 10.5 Å². The Labute approximate surface area is 158 Å². The number of para-hydroxylation sites is 1. The first-order chi connectivity index (χ1) is 13.3. The summed E-state index contributed by atoms with van der Waals surface area (Å²) in [5, 5.41) is 7.95. The molecule has 2 aromatic carbocycles. The van der Waals surface area contributed by atoms with Crippen LogP contribution in [-0.2, 0) is 29.0 Å². The van der Waals surface area contributed by atoms with Crippen molar-refractivity contribution in [1.29, 1.82) is 0 Å². The monoisotopic (exact) mass is 366 g/mol. The Morgan fingerprint density at radius 3 is 2.63 bits per heavy atom. The Bertz CT molecular complexity index is 916. The average molecular weight is 366 g/mol. The third-order valence-corrected chi connectivity index (χ3v) is 5.01. The van der Waals surface area contributed by atoms with E-state index >= 15 is 0 Å². The summed E-state index contributed by atoms with van der Waals surface area (Å²) < 4.78 is 10.7. The standard InChI is InChI=1S/C21H23N3O3/c25-21(13-19-18-7-3-4-8-20(18)27-23-19)22-14-16-5-1-2-6-17(16)15-24-9-11-26-12-10-24/h1-8H,9-15H2,(H,22,25)/p+1. The predicted octanol–water partition coefficient (Wildman–Crippen LogP) is 1.10. The van der Waals surface area contributed by atoms with Crippen LogP contribution in [0.1, 0.15) is 16.8 Å². The minimum Gasteiger partial charge on any atom is -0.370 e. The molecule has 0 unspecified atom stereocenters. The molecule has 1 aromatic heterocycles. The Kier molecular flexibility index (Phi) is 5.46. The van der Waals surface area contributed by atoms with Gasteiger partial charge in [-0.15, -0.1) is 0 Å². The molecule has 0 saturated carbocycles. The van der Waals surface area contributed by atoms with Gasteiger partial charge in [-0.2, -0.15) is 0 Å². The summed E-state index contributed by atoms with van der Waals surface area (Å²) in [6.45, 7) is 5.18.